The third-order valence-electron chi connectivity index (χ3n) is 2.43. The second-order valence-electron chi connectivity index (χ2n) is 3.70. The van der Waals surface area contributed by atoms with Crippen LogP contribution in [0.1, 0.15) is 15.9 Å². The van der Waals surface area contributed by atoms with E-state index in [1.54, 1.807) is 36.1 Å². The molecule has 0 amide bonds. The van der Waals surface area contributed by atoms with Gasteiger partial charge in [-0.1, -0.05) is 29.3 Å². The highest BCUT2D eigenvalue weighted by molar-refractivity contribution is 6.36. The maximum absolute atomic E-state index is 12.0. The molecule has 0 saturated carbocycles. The summed E-state index contributed by atoms with van der Waals surface area (Å²) in [5.74, 6) is -0.0481. The van der Waals surface area contributed by atoms with Crippen molar-refractivity contribution in [2.45, 2.75) is 6.42 Å². The van der Waals surface area contributed by atoms with Crippen LogP contribution in [0, 0.1) is 0 Å². The van der Waals surface area contributed by atoms with E-state index >= 15 is 0 Å². The molecule has 1 aromatic carbocycles. The van der Waals surface area contributed by atoms with Crippen LogP contribution in [0.3, 0.4) is 0 Å². The summed E-state index contributed by atoms with van der Waals surface area (Å²) >= 11 is 12.0. The molecule has 88 valence electrons. The van der Waals surface area contributed by atoms with Gasteiger partial charge in [-0.15, -0.1) is 0 Å². The second-order valence-corrected chi connectivity index (χ2v) is 4.52. The monoisotopic (exact) mass is 268 g/mol. The lowest BCUT2D eigenvalue weighted by atomic mass is 10.1. The van der Waals surface area contributed by atoms with Crippen LogP contribution in [0.2, 0.25) is 10.0 Å². The Morgan fingerprint density at radius 3 is 2.53 bits per heavy atom. The van der Waals surface area contributed by atoms with Gasteiger partial charge in [-0.2, -0.15) is 5.10 Å². The van der Waals surface area contributed by atoms with E-state index < -0.39 is 0 Å². The first-order valence-electron chi connectivity index (χ1n) is 5.02. The molecule has 5 heteroatoms. The normalized spacial score (nSPS) is 10.5. The fourth-order valence-corrected chi connectivity index (χ4v) is 2.06. The van der Waals surface area contributed by atoms with Crippen LogP contribution in [0.15, 0.2) is 30.6 Å². The van der Waals surface area contributed by atoms with Crippen molar-refractivity contribution in [1.82, 2.24) is 9.78 Å². The Hall–Kier alpha value is -1.32. The molecule has 0 unspecified atom stereocenters. The highest BCUT2D eigenvalue weighted by Gasteiger charge is 2.13. The SMILES string of the molecule is Cn1cc(C(=O)Cc2c(Cl)cccc2Cl)cn1. The van der Waals surface area contributed by atoms with Crippen LogP contribution in [-0.4, -0.2) is 15.6 Å². The molecule has 2 rings (SSSR count). The molecule has 0 saturated heterocycles. The van der Waals surface area contributed by atoms with Crippen molar-refractivity contribution in [2.75, 3.05) is 0 Å². The van der Waals surface area contributed by atoms with Gasteiger partial charge in [0.1, 0.15) is 0 Å². The van der Waals surface area contributed by atoms with Gasteiger partial charge < -0.3 is 0 Å². The van der Waals surface area contributed by atoms with Crippen molar-refractivity contribution < 1.29 is 4.79 Å². The van der Waals surface area contributed by atoms with E-state index in [4.69, 9.17) is 23.2 Å². The molecule has 0 atom stereocenters. The zero-order valence-corrected chi connectivity index (χ0v) is 10.7. The van der Waals surface area contributed by atoms with Crippen LogP contribution in [0.4, 0.5) is 0 Å². The number of hydrogen-bond acceptors (Lipinski definition) is 2. The number of aryl methyl sites for hydroxylation is 1. The number of carbonyl (C=O) groups excluding carboxylic acids is 1. The molecule has 1 heterocycles. The molecular formula is C12H10Cl2N2O. The van der Waals surface area contributed by atoms with Gasteiger partial charge in [0, 0.05) is 29.7 Å². The molecule has 0 spiro atoms. The van der Waals surface area contributed by atoms with Gasteiger partial charge in [0.2, 0.25) is 0 Å². The zero-order valence-electron chi connectivity index (χ0n) is 9.15. The molecule has 0 radical (unpaired) electrons. The standard InChI is InChI=1S/C12H10Cl2N2O/c1-16-7-8(6-15-16)12(17)5-9-10(13)3-2-4-11(9)14/h2-4,6-7H,5H2,1H3. The van der Waals surface area contributed by atoms with Crippen molar-refractivity contribution in [3.8, 4) is 0 Å². The molecule has 1 aromatic heterocycles. The molecule has 0 aliphatic rings. The Morgan fingerprint density at radius 2 is 2.00 bits per heavy atom. The van der Waals surface area contributed by atoms with E-state index in [1.807, 2.05) is 0 Å². The summed E-state index contributed by atoms with van der Waals surface area (Å²) in [6, 6.07) is 5.20. The van der Waals surface area contributed by atoms with Gasteiger partial charge in [0.05, 0.1) is 11.8 Å². The number of hydrogen-bond donors (Lipinski definition) is 0. The number of halogens is 2. The maximum atomic E-state index is 12.0. The minimum Gasteiger partial charge on any atom is -0.294 e. The van der Waals surface area contributed by atoms with Gasteiger partial charge in [-0.05, 0) is 17.7 Å². The number of benzene rings is 1. The van der Waals surface area contributed by atoms with E-state index in [-0.39, 0.29) is 12.2 Å². The summed E-state index contributed by atoms with van der Waals surface area (Å²) in [4.78, 5) is 12.0. The number of carbonyl (C=O) groups is 1. The fourth-order valence-electron chi connectivity index (χ4n) is 1.53. The van der Waals surface area contributed by atoms with Crippen molar-refractivity contribution in [2.24, 2.45) is 7.05 Å². The number of rotatable bonds is 3. The van der Waals surface area contributed by atoms with Crippen molar-refractivity contribution in [3.63, 3.8) is 0 Å². The largest absolute Gasteiger partial charge is 0.294 e. The first kappa shape index (κ1) is 12.1. The molecule has 2 aromatic rings. The molecule has 0 aliphatic heterocycles. The van der Waals surface area contributed by atoms with Crippen molar-refractivity contribution in [1.29, 1.82) is 0 Å². The Balaban J connectivity index is 2.24. The minimum absolute atomic E-state index is 0.0481. The third kappa shape index (κ3) is 2.68. The molecular weight excluding hydrogens is 259 g/mol. The zero-order chi connectivity index (χ0) is 12.4. The van der Waals surface area contributed by atoms with E-state index in [1.165, 1.54) is 6.20 Å². The number of Topliss-reactive ketones (excluding diaryl/α,β-unsaturated/α-hetero) is 1. The number of ketones is 1. The fraction of sp³-hybridized carbons (Fsp3) is 0.167. The Morgan fingerprint density at radius 1 is 1.35 bits per heavy atom. The van der Waals surface area contributed by atoms with Crippen LogP contribution in [-0.2, 0) is 13.5 Å². The highest BCUT2D eigenvalue weighted by Crippen LogP contribution is 2.25. The maximum Gasteiger partial charge on any atom is 0.170 e. The summed E-state index contributed by atoms with van der Waals surface area (Å²) in [6.07, 6.45) is 3.39. The Kier molecular flexibility index (Phi) is 3.50. The number of aromatic nitrogens is 2. The summed E-state index contributed by atoms with van der Waals surface area (Å²) in [6.45, 7) is 0. The van der Waals surface area contributed by atoms with Gasteiger partial charge in [0.25, 0.3) is 0 Å². The highest BCUT2D eigenvalue weighted by atomic mass is 35.5. The number of nitrogens with zero attached hydrogens (tertiary/aromatic N) is 2. The first-order valence-corrected chi connectivity index (χ1v) is 5.78. The minimum atomic E-state index is -0.0481. The smallest absolute Gasteiger partial charge is 0.170 e. The predicted molar refractivity (Wildman–Crippen MR) is 67.7 cm³/mol. The van der Waals surface area contributed by atoms with Crippen LogP contribution in [0.25, 0.3) is 0 Å². The van der Waals surface area contributed by atoms with Crippen LogP contribution >= 0.6 is 23.2 Å². The average Bonchev–Trinajstić information content (AvgIpc) is 2.70. The molecule has 17 heavy (non-hydrogen) atoms. The molecule has 0 aliphatic carbocycles. The third-order valence-corrected chi connectivity index (χ3v) is 3.13. The Labute approximate surface area is 109 Å². The first-order chi connectivity index (χ1) is 8.08. The quantitative estimate of drug-likeness (QED) is 0.802. The van der Waals surface area contributed by atoms with Crippen molar-refractivity contribution >= 4 is 29.0 Å². The van der Waals surface area contributed by atoms with Crippen molar-refractivity contribution in [3.05, 3.63) is 51.8 Å². The lowest BCUT2D eigenvalue weighted by molar-refractivity contribution is 0.0993. The van der Waals surface area contributed by atoms with Crippen LogP contribution in [0.5, 0.6) is 0 Å². The predicted octanol–water partition coefficient (Wildman–Crippen LogP) is 3.15. The molecule has 0 fully saturated rings. The van der Waals surface area contributed by atoms with Gasteiger partial charge in [-0.3, -0.25) is 9.48 Å². The second kappa shape index (κ2) is 4.90. The molecule has 0 bridgehead atoms. The lowest BCUT2D eigenvalue weighted by Gasteiger charge is -2.04. The van der Waals surface area contributed by atoms with Crippen LogP contribution < -0.4 is 0 Å². The topological polar surface area (TPSA) is 34.9 Å². The summed E-state index contributed by atoms with van der Waals surface area (Å²) in [5, 5.41) is 4.97. The van der Waals surface area contributed by atoms with Gasteiger partial charge in [-0.25, -0.2) is 0 Å². The Bertz CT molecular complexity index is 543. The van der Waals surface area contributed by atoms with E-state index in [0.717, 1.165) is 0 Å². The van der Waals surface area contributed by atoms with Gasteiger partial charge in [0.15, 0.2) is 5.78 Å². The summed E-state index contributed by atoms with van der Waals surface area (Å²) < 4.78 is 1.58. The van der Waals surface area contributed by atoms with E-state index in [9.17, 15) is 4.79 Å². The summed E-state index contributed by atoms with van der Waals surface area (Å²) in [7, 11) is 1.76. The summed E-state index contributed by atoms with van der Waals surface area (Å²) in [5.41, 5.74) is 1.22. The lowest BCUT2D eigenvalue weighted by Crippen LogP contribution is -2.03. The van der Waals surface area contributed by atoms with Gasteiger partial charge >= 0.3 is 0 Å². The average molecular weight is 269 g/mol. The molecule has 0 N–H and O–H groups in total. The van der Waals surface area contributed by atoms with E-state index in [2.05, 4.69) is 5.10 Å². The van der Waals surface area contributed by atoms with E-state index in [0.29, 0.717) is 21.2 Å². The molecule has 3 nitrogen and oxygen atoms in total.